The lowest BCUT2D eigenvalue weighted by molar-refractivity contribution is 0.444. The van der Waals surface area contributed by atoms with Gasteiger partial charge in [-0.3, -0.25) is 0 Å². The summed E-state index contributed by atoms with van der Waals surface area (Å²) in [6.45, 7) is 21.7. The Hall–Kier alpha value is -1.87. The van der Waals surface area contributed by atoms with E-state index in [1.54, 1.807) is 0 Å². The molecule has 0 spiro atoms. The molecule has 0 heterocycles. The highest BCUT2D eigenvalue weighted by Gasteiger charge is 2.29. The van der Waals surface area contributed by atoms with E-state index >= 15 is 0 Å². The van der Waals surface area contributed by atoms with Gasteiger partial charge in [0.15, 0.2) is 0 Å². The third kappa shape index (κ3) is 8.57. The number of rotatable bonds is 12. The Morgan fingerprint density at radius 1 is 0.737 bits per heavy atom. The summed E-state index contributed by atoms with van der Waals surface area (Å²) >= 11 is 5.99. The van der Waals surface area contributed by atoms with Crippen LogP contribution in [0.1, 0.15) is 146 Å². The first-order valence-corrected chi connectivity index (χ1v) is 15.2. The number of benzene rings is 2. The molecule has 0 bridgehead atoms. The first-order chi connectivity index (χ1) is 17.6. The van der Waals surface area contributed by atoms with Crippen molar-refractivity contribution in [1.82, 2.24) is 0 Å². The highest BCUT2D eigenvalue weighted by molar-refractivity contribution is 7.80. The Labute approximate surface area is 239 Å². The molecule has 2 rings (SSSR count). The number of phenols is 2. The molecular formula is C35H54O2S. The van der Waals surface area contributed by atoms with Crippen molar-refractivity contribution >= 4 is 17.1 Å². The van der Waals surface area contributed by atoms with Crippen LogP contribution >= 0.6 is 12.2 Å². The molecule has 2 aromatic rings. The minimum Gasteiger partial charge on any atom is -0.508 e. The highest BCUT2D eigenvalue weighted by Crippen LogP contribution is 2.43. The van der Waals surface area contributed by atoms with Crippen LogP contribution in [0.4, 0.5) is 0 Å². The van der Waals surface area contributed by atoms with Crippen molar-refractivity contribution in [1.29, 1.82) is 0 Å². The summed E-state index contributed by atoms with van der Waals surface area (Å²) < 4.78 is 0. The number of phenolic OH excluding ortho intramolecular Hbond substituents is 2. The van der Waals surface area contributed by atoms with Crippen molar-refractivity contribution < 1.29 is 10.2 Å². The Bertz CT molecular complexity index is 1020. The zero-order valence-electron chi connectivity index (χ0n) is 25.9. The van der Waals surface area contributed by atoms with Gasteiger partial charge in [0.25, 0.3) is 0 Å². The lowest BCUT2D eigenvalue weighted by Crippen LogP contribution is -2.19. The Balaban J connectivity index is 2.51. The maximum atomic E-state index is 10.8. The number of hydrogen-bond donors (Lipinski definition) is 2. The predicted molar refractivity (Wildman–Crippen MR) is 169 cm³/mol. The van der Waals surface area contributed by atoms with E-state index in [0.717, 1.165) is 35.1 Å². The lowest BCUT2D eigenvalue weighted by Gasteiger charge is -2.30. The van der Waals surface area contributed by atoms with Gasteiger partial charge in [-0.1, -0.05) is 112 Å². The predicted octanol–water partition coefficient (Wildman–Crippen LogP) is 10.6. The lowest BCUT2D eigenvalue weighted by atomic mass is 9.75. The van der Waals surface area contributed by atoms with E-state index in [9.17, 15) is 10.2 Å². The van der Waals surface area contributed by atoms with Gasteiger partial charge < -0.3 is 10.2 Å². The van der Waals surface area contributed by atoms with Crippen molar-refractivity contribution in [2.24, 2.45) is 5.92 Å². The number of aromatic hydroxyl groups is 2. The average Bonchev–Trinajstić information content (AvgIpc) is 2.78. The molecule has 0 amide bonds. The Morgan fingerprint density at radius 3 is 1.58 bits per heavy atom. The molecule has 2 nitrogen and oxygen atoms in total. The fourth-order valence-electron chi connectivity index (χ4n) is 5.60. The van der Waals surface area contributed by atoms with Crippen LogP contribution < -0.4 is 0 Å². The van der Waals surface area contributed by atoms with E-state index in [1.807, 2.05) is 12.1 Å². The monoisotopic (exact) mass is 538 g/mol. The second-order valence-electron chi connectivity index (χ2n) is 13.6. The van der Waals surface area contributed by atoms with Crippen molar-refractivity contribution in [3.63, 3.8) is 0 Å². The maximum absolute atomic E-state index is 10.8. The number of unbranched alkanes of at least 4 members (excludes halogenated alkanes) is 5. The molecule has 0 aliphatic rings. The smallest absolute Gasteiger partial charge is 0.119 e. The second-order valence-corrected chi connectivity index (χ2v) is 14.1. The van der Waals surface area contributed by atoms with Crippen molar-refractivity contribution in [2.45, 2.75) is 137 Å². The summed E-state index contributed by atoms with van der Waals surface area (Å²) in [6.07, 6.45) is 9.60. The normalized spacial score (nSPS) is 13.2. The SMILES string of the molecule is CCCCCCCCC(=S)C(C)CC(c1cc(C(C)(C)C)c(O)cc1C)c1cc(C(C)(C)C)c(O)cc1C. The van der Waals surface area contributed by atoms with E-state index in [2.05, 4.69) is 81.4 Å². The van der Waals surface area contributed by atoms with Crippen LogP contribution in [0.5, 0.6) is 11.5 Å². The molecular weight excluding hydrogens is 484 g/mol. The van der Waals surface area contributed by atoms with Gasteiger partial charge in [-0.2, -0.15) is 0 Å². The number of hydrogen-bond acceptors (Lipinski definition) is 3. The van der Waals surface area contributed by atoms with Gasteiger partial charge in [0.2, 0.25) is 0 Å². The molecule has 0 saturated carbocycles. The molecule has 0 fully saturated rings. The van der Waals surface area contributed by atoms with Crippen LogP contribution in [0, 0.1) is 19.8 Å². The minimum absolute atomic E-state index is 0.121. The summed E-state index contributed by atoms with van der Waals surface area (Å²) in [4.78, 5) is 1.17. The summed E-state index contributed by atoms with van der Waals surface area (Å²) in [5, 5.41) is 21.7. The van der Waals surface area contributed by atoms with Crippen molar-refractivity contribution in [3.05, 3.63) is 57.6 Å². The quantitative estimate of drug-likeness (QED) is 0.208. The summed E-state index contributed by atoms with van der Waals surface area (Å²) in [7, 11) is 0. The molecule has 2 aromatic carbocycles. The first kappa shape index (κ1) is 32.3. The molecule has 1 atom stereocenters. The minimum atomic E-state index is -0.170. The molecule has 3 heteroatoms. The largest absolute Gasteiger partial charge is 0.508 e. The summed E-state index contributed by atoms with van der Waals surface area (Å²) in [5.74, 6) is 1.14. The van der Waals surface area contributed by atoms with Gasteiger partial charge in [-0.25, -0.2) is 0 Å². The number of thiocarbonyl (C=S) groups is 1. The van der Waals surface area contributed by atoms with Gasteiger partial charge in [-0.15, -0.1) is 0 Å². The zero-order chi connectivity index (χ0) is 28.8. The Kier molecular flexibility index (Phi) is 11.5. The first-order valence-electron chi connectivity index (χ1n) is 14.8. The van der Waals surface area contributed by atoms with Crippen LogP contribution in [0.2, 0.25) is 0 Å². The average molecular weight is 539 g/mol. The van der Waals surface area contributed by atoms with E-state index in [1.165, 1.54) is 54.5 Å². The van der Waals surface area contributed by atoms with Crippen molar-refractivity contribution in [3.8, 4) is 11.5 Å². The molecule has 212 valence electrons. The maximum Gasteiger partial charge on any atom is 0.119 e. The van der Waals surface area contributed by atoms with Crippen molar-refractivity contribution in [2.75, 3.05) is 0 Å². The fourth-order valence-corrected chi connectivity index (χ4v) is 5.84. The zero-order valence-corrected chi connectivity index (χ0v) is 26.7. The standard InChI is InChI=1S/C35H54O2S/c1-11-12-13-14-15-16-17-33(38)25(4)18-28(26-21-29(34(5,6)7)31(36)19-23(26)2)27-22-30(35(8,9)10)32(37)20-24(27)3/h19-22,25,28,36-37H,11-18H2,1-10H3. The van der Waals surface area contributed by atoms with Crippen LogP contribution in [-0.2, 0) is 10.8 Å². The van der Waals surface area contributed by atoms with E-state index in [-0.39, 0.29) is 16.7 Å². The molecule has 0 aliphatic heterocycles. The van der Waals surface area contributed by atoms with E-state index < -0.39 is 0 Å². The van der Waals surface area contributed by atoms with E-state index in [0.29, 0.717) is 17.4 Å². The number of aryl methyl sites for hydroxylation is 2. The van der Waals surface area contributed by atoms with Gasteiger partial charge in [0, 0.05) is 5.92 Å². The second kappa shape index (κ2) is 13.5. The Morgan fingerprint density at radius 2 is 1.16 bits per heavy atom. The molecule has 1 unspecified atom stereocenters. The van der Waals surface area contributed by atoms with E-state index in [4.69, 9.17) is 12.2 Å². The molecule has 2 N–H and O–H groups in total. The molecule has 0 aliphatic carbocycles. The van der Waals surface area contributed by atoms with Crippen LogP contribution in [0.15, 0.2) is 24.3 Å². The highest BCUT2D eigenvalue weighted by atomic mass is 32.1. The van der Waals surface area contributed by atoms with Gasteiger partial charge >= 0.3 is 0 Å². The third-order valence-corrected chi connectivity index (χ3v) is 8.66. The van der Waals surface area contributed by atoms with Gasteiger partial charge in [0.1, 0.15) is 11.5 Å². The molecule has 38 heavy (non-hydrogen) atoms. The van der Waals surface area contributed by atoms with Crippen LogP contribution in [0.25, 0.3) is 0 Å². The summed E-state index contributed by atoms with van der Waals surface area (Å²) in [5.41, 5.74) is 6.28. The van der Waals surface area contributed by atoms with Gasteiger partial charge in [0.05, 0.1) is 0 Å². The fraction of sp³-hybridized carbons (Fsp3) is 0.629. The third-order valence-electron chi connectivity index (χ3n) is 8.05. The van der Waals surface area contributed by atoms with Gasteiger partial charge in [-0.05, 0) is 100 Å². The molecule has 0 saturated heterocycles. The molecule has 0 aromatic heterocycles. The van der Waals surface area contributed by atoms with Crippen LogP contribution in [-0.4, -0.2) is 15.1 Å². The summed E-state index contributed by atoms with van der Waals surface area (Å²) in [6, 6.07) is 8.31. The van der Waals surface area contributed by atoms with Crippen LogP contribution in [0.3, 0.4) is 0 Å². The molecule has 0 radical (unpaired) electrons. The topological polar surface area (TPSA) is 40.5 Å².